The summed E-state index contributed by atoms with van der Waals surface area (Å²) < 4.78 is 0. The molecule has 0 saturated carbocycles. The third-order valence-electron chi connectivity index (χ3n) is 5.16. The molecule has 7 nitrogen and oxygen atoms in total. The fourth-order valence-corrected chi connectivity index (χ4v) is 4.42. The molecular formula is C22H31ClN6OS. The first kappa shape index (κ1) is 23.6. The molecule has 0 aliphatic carbocycles. The lowest BCUT2D eigenvalue weighted by Gasteiger charge is -2.37. The number of para-hydroxylation sites is 1. The van der Waals surface area contributed by atoms with Crippen LogP contribution in [0.4, 0.5) is 11.5 Å². The molecule has 0 atom stereocenters. The minimum atomic E-state index is -0.0132. The summed E-state index contributed by atoms with van der Waals surface area (Å²) in [7, 11) is 4.04. The Bertz CT molecular complexity index is 873. The lowest BCUT2D eigenvalue weighted by Crippen LogP contribution is -2.47. The van der Waals surface area contributed by atoms with Crippen molar-refractivity contribution in [2.45, 2.75) is 18.5 Å². The SMILES string of the molecule is Cc1ccccc1N1CCN(c2cc(Cl)nc(SCC(=O)NCCCN(C)C)n2)CC1. The Morgan fingerprint density at radius 3 is 2.58 bits per heavy atom. The fraction of sp³-hybridized carbons (Fsp3) is 0.500. The van der Waals surface area contributed by atoms with Gasteiger partial charge in [-0.3, -0.25) is 4.79 Å². The highest BCUT2D eigenvalue weighted by Crippen LogP contribution is 2.25. The molecule has 9 heteroatoms. The normalized spacial score (nSPS) is 14.2. The first-order chi connectivity index (χ1) is 14.9. The van der Waals surface area contributed by atoms with Gasteiger partial charge in [0, 0.05) is 44.5 Å². The maximum Gasteiger partial charge on any atom is 0.230 e. The summed E-state index contributed by atoms with van der Waals surface area (Å²) in [6.07, 6.45) is 0.926. The second kappa shape index (κ2) is 11.5. The van der Waals surface area contributed by atoms with Gasteiger partial charge in [-0.1, -0.05) is 41.6 Å². The van der Waals surface area contributed by atoms with E-state index in [0.29, 0.717) is 16.9 Å². The second-order valence-electron chi connectivity index (χ2n) is 7.89. The highest BCUT2D eigenvalue weighted by atomic mass is 35.5. The van der Waals surface area contributed by atoms with Crippen LogP contribution in [-0.2, 0) is 4.79 Å². The molecule has 0 spiro atoms. The summed E-state index contributed by atoms with van der Waals surface area (Å²) in [6.45, 7) is 7.33. The molecule has 1 saturated heterocycles. The van der Waals surface area contributed by atoms with Crippen LogP contribution < -0.4 is 15.1 Å². The number of hydrogen-bond donors (Lipinski definition) is 1. The van der Waals surface area contributed by atoms with Crippen LogP contribution in [-0.4, -0.2) is 79.9 Å². The van der Waals surface area contributed by atoms with Gasteiger partial charge in [-0.15, -0.1) is 0 Å². The Balaban J connectivity index is 1.52. The number of rotatable bonds is 9. The van der Waals surface area contributed by atoms with Gasteiger partial charge in [-0.05, 0) is 45.6 Å². The third kappa shape index (κ3) is 7.26. The number of aryl methyl sites for hydroxylation is 1. The van der Waals surface area contributed by atoms with Crippen molar-refractivity contribution in [3.63, 3.8) is 0 Å². The molecule has 0 bridgehead atoms. The maximum atomic E-state index is 12.1. The molecule has 2 heterocycles. The van der Waals surface area contributed by atoms with E-state index in [1.165, 1.54) is 23.0 Å². The number of aromatic nitrogens is 2. The Kier molecular flexibility index (Phi) is 8.80. The number of carbonyl (C=O) groups is 1. The van der Waals surface area contributed by atoms with Gasteiger partial charge in [0.15, 0.2) is 5.16 Å². The van der Waals surface area contributed by atoms with E-state index in [-0.39, 0.29) is 11.7 Å². The van der Waals surface area contributed by atoms with E-state index in [2.05, 4.69) is 61.2 Å². The average molecular weight is 463 g/mol. The quantitative estimate of drug-likeness (QED) is 0.266. The van der Waals surface area contributed by atoms with E-state index in [0.717, 1.165) is 45.0 Å². The van der Waals surface area contributed by atoms with Crippen molar-refractivity contribution in [1.82, 2.24) is 20.2 Å². The molecule has 1 aliphatic rings. The van der Waals surface area contributed by atoms with E-state index in [4.69, 9.17) is 11.6 Å². The van der Waals surface area contributed by atoms with Gasteiger partial charge in [0.2, 0.25) is 5.91 Å². The summed E-state index contributed by atoms with van der Waals surface area (Å²) >= 11 is 7.57. The van der Waals surface area contributed by atoms with Crippen molar-refractivity contribution in [3.8, 4) is 0 Å². The minimum absolute atomic E-state index is 0.0132. The molecule has 0 unspecified atom stereocenters. The van der Waals surface area contributed by atoms with Gasteiger partial charge in [-0.2, -0.15) is 0 Å². The van der Waals surface area contributed by atoms with Crippen LogP contribution in [0.1, 0.15) is 12.0 Å². The number of thioether (sulfide) groups is 1. The van der Waals surface area contributed by atoms with Gasteiger partial charge in [-0.25, -0.2) is 9.97 Å². The summed E-state index contributed by atoms with van der Waals surface area (Å²) in [5, 5.41) is 3.87. The van der Waals surface area contributed by atoms with Crippen molar-refractivity contribution >= 4 is 40.8 Å². The van der Waals surface area contributed by atoms with Crippen LogP contribution in [0.15, 0.2) is 35.5 Å². The lowest BCUT2D eigenvalue weighted by atomic mass is 10.1. The Labute approximate surface area is 194 Å². The molecule has 0 radical (unpaired) electrons. The van der Waals surface area contributed by atoms with Gasteiger partial charge in [0.05, 0.1) is 5.75 Å². The van der Waals surface area contributed by atoms with Crippen molar-refractivity contribution in [2.75, 3.05) is 68.9 Å². The monoisotopic (exact) mass is 462 g/mol. The smallest absolute Gasteiger partial charge is 0.230 e. The number of benzene rings is 1. The van der Waals surface area contributed by atoms with Gasteiger partial charge in [0.1, 0.15) is 11.0 Å². The van der Waals surface area contributed by atoms with Crippen LogP contribution in [0.2, 0.25) is 5.15 Å². The highest BCUT2D eigenvalue weighted by molar-refractivity contribution is 7.99. The molecule has 1 aromatic heterocycles. The Hall–Kier alpha value is -2.03. The molecule has 3 rings (SSSR count). The second-order valence-corrected chi connectivity index (χ2v) is 9.22. The largest absolute Gasteiger partial charge is 0.368 e. The summed E-state index contributed by atoms with van der Waals surface area (Å²) in [5.41, 5.74) is 2.58. The minimum Gasteiger partial charge on any atom is -0.368 e. The number of nitrogens with one attached hydrogen (secondary N) is 1. The molecule has 1 fully saturated rings. The predicted molar refractivity (Wildman–Crippen MR) is 130 cm³/mol. The zero-order valence-electron chi connectivity index (χ0n) is 18.5. The molecule has 31 heavy (non-hydrogen) atoms. The summed E-state index contributed by atoms with van der Waals surface area (Å²) in [5.74, 6) is 1.09. The van der Waals surface area contributed by atoms with Gasteiger partial charge >= 0.3 is 0 Å². The van der Waals surface area contributed by atoms with Crippen LogP contribution in [0.5, 0.6) is 0 Å². The standard InChI is InChI=1S/C22H31ClN6OS/c1-17-7-4-5-8-18(17)28-11-13-29(14-12-28)20-15-19(23)25-22(26-20)31-16-21(30)24-9-6-10-27(2)3/h4-5,7-8,15H,6,9-14,16H2,1-3H3,(H,24,30). The molecular weight excluding hydrogens is 432 g/mol. The topological polar surface area (TPSA) is 64.6 Å². The first-order valence-electron chi connectivity index (χ1n) is 10.6. The van der Waals surface area contributed by atoms with E-state index in [9.17, 15) is 4.79 Å². The number of anilines is 2. The maximum absolute atomic E-state index is 12.1. The molecule has 1 N–H and O–H groups in total. The van der Waals surface area contributed by atoms with Crippen LogP contribution in [0, 0.1) is 6.92 Å². The number of amides is 1. The van der Waals surface area contributed by atoms with Crippen molar-refractivity contribution < 1.29 is 4.79 Å². The van der Waals surface area contributed by atoms with E-state index in [1.54, 1.807) is 6.07 Å². The average Bonchev–Trinajstić information content (AvgIpc) is 2.75. The third-order valence-corrected chi connectivity index (χ3v) is 6.20. The summed E-state index contributed by atoms with van der Waals surface area (Å²) in [4.78, 5) is 27.8. The lowest BCUT2D eigenvalue weighted by molar-refractivity contribution is -0.118. The van der Waals surface area contributed by atoms with Crippen molar-refractivity contribution in [3.05, 3.63) is 41.0 Å². The van der Waals surface area contributed by atoms with E-state index < -0.39 is 0 Å². The Morgan fingerprint density at radius 1 is 1.16 bits per heavy atom. The number of hydrogen-bond acceptors (Lipinski definition) is 7. The number of carbonyl (C=O) groups excluding carboxylic acids is 1. The fourth-order valence-electron chi connectivity index (χ4n) is 3.51. The zero-order chi connectivity index (χ0) is 22.2. The van der Waals surface area contributed by atoms with Crippen molar-refractivity contribution in [1.29, 1.82) is 0 Å². The molecule has 1 amide bonds. The first-order valence-corrected chi connectivity index (χ1v) is 11.9. The molecule has 168 valence electrons. The van der Waals surface area contributed by atoms with Gasteiger partial charge < -0.3 is 20.0 Å². The summed E-state index contributed by atoms with van der Waals surface area (Å²) in [6, 6.07) is 10.3. The number of piperazine rings is 1. The van der Waals surface area contributed by atoms with Crippen LogP contribution in [0.3, 0.4) is 0 Å². The zero-order valence-corrected chi connectivity index (χ0v) is 20.0. The van der Waals surface area contributed by atoms with Crippen LogP contribution >= 0.6 is 23.4 Å². The molecule has 1 aliphatic heterocycles. The van der Waals surface area contributed by atoms with E-state index in [1.807, 2.05) is 14.1 Å². The predicted octanol–water partition coefficient (Wildman–Crippen LogP) is 2.93. The number of nitrogens with zero attached hydrogens (tertiary/aromatic N) is 5. The highest BCUT2D eigenvalue weighted by Gasteiger charge is 2.20. The van der Waals surface area contributed by atoms with Crippen LogP contribution in [0.25, 0.3) is 0 Å². The molecule has 2 aromatic rings. The molecule has 1 aromatic carbocycles. The van der Waals surface area contributed by atoms with Crippen molar-refractivity contribution in [2.24, 2.45) is 0 Å². The Morgan fingerprint density at radius 2 is 1.87 bits per heavy atom. The van der Waals surface area contributed by atoms with Gasteiger partial charge in [0.25, 0.3) is 0 Å². The number of halogens is 1. The van der Waals surface area contributed by atoms with E-state index >= 15 is 0 Å².